The van der Waals surface area contributed by atoms with Gasteiger partial charge in [-0.1, -0.05) is 151 Å². The second-order valence-corrected chi connectivity index (χ2v) is 10.2. The Morgan fingerprint density at radius 3 is 1.27 bits per heavy atom. The van der Waals surface area contributed by atoms with Crippen LogP contribution in [0.15, 0.2) is 146 Å². The average molecular weight is 546 g/mol. The van der Waals surface area contributed by atoms with Crippen molar-refractivity contribution in [3.8, 4) is 56.4 Å². The number of hydrogen-bond acceptors (Lipinski definition) is 3. The molecule has 0 spiro atoms. The molecular formula is C37H24ClN3. The van der Waals surface area contributed by atoms with E-state index in [-0.39, 0.29) is 0 Å². The molecule has 0 amide bonds. The maximum absolute atomic E-state index is 6.47. The molecule has 7 rings (SSSR count). The van der Waals surface area contributed by atoms with Crippen molar-refractivity contribution in [3.63, 3.8) is 0 Å². The number of aromatic nitrogens is 3. The first kappa shape index (κ1) is 24.9. The van der Waals surface area contributed by atoms with E-state index in [2.05, 4.69) is 78.9 Å². The lowest BCUT2D eigenvalue weighted by molar-refractivity contribution is 1.07. The second kappa shape index (κ2) is 10.8. The van der Waals surface area contributed by atoms with Crippen molar-refractivity contribution in [2.75, 3.05) is 0 Å². The van der Waals surface area contributed by atoms with E-state index in [9.17, 15) is 0 Å². The molecule has 41 heavy (non-hydrogen) atoms. The predicted octanol–water partition coefficient (Wildman–Crippen LogP) is 10.0. The summed E-state index contributed by atoms with van der Waals surface area (Å²) in [6, 6.07) is 49.4. The van der Waals surface area contributed by atoms with E-state index in [1.165, 1.54) is 5.56 Å². The number of nitrogens with zero attached hydrogens (tertiary/aromatic N) is 3. The van der Waals surface area contributed by atoms with Gasteiger partial charge in [0.05, 0.1) is 0 Å². The largest absolute Gasteiger partial charge is 0.208 e. The minimum Gasteiger partial charge on any atom is -0.208 e. The Balaban J connectivity index is 1.29. The Kier molecular flexibility index (Phi) is 6.56. The Labute approximate surface area is 243 Å². The molecule has 0 saturated carbocycles. The molecular weight excluding hydrogens is 522 g/mol. The van der Waals surface area contributed by atoms with Gasteiger partial charge in [-0.05, 0) is 33.7 Å². The van der Waals surface area contributed by atoms with Crippen molar-refractivity contribution in [2.24, 2.45) is 0 Å². The number of benzene rings is 6. The minimum atomic E-state index is 0.633. The zero-order chi connectivity index (χ0) is 27.6. The lowest BCUT2D eigenvalue weighted by atomic mass is 9.97. The third kappa shape index (κ3) is 5.00. The molecule has 0 radical (unpaired) electrons. The van der Waals surface area contributed by atoms with Crippen LogP contribution in [0.4, 0.5) is 0 Å². The number of fused-ring (bicyclic) bond motifs is 1. The molecule has 0 atom stereocenters. The summed E-state index contributed by atoms with van der Waals surface area (Å²) in [4.78, 5) is 14.7. The van der Waals surface area contributed by atoms with Crippen LogP contribution in [0.5, 0.6) is 0 Å². The van der Waals surface area contributed by atoms with Crippen molar-refractivity contribution in [1.29, 1.82) is 0 Å². The molecule has 0 aliphatic carbocycles. The summed E-state index contributed by atoms with van der Waals surface area (Å²) in [5.74, 6) is 1.92. The first-order valence-corrected chi connectivity index (χ1v) is 13.9. The zero-order valence-corrected chi connectivity index (χ0v) is 22.8. The smallest absolute Gasteiger partial charge is 0.164 e. The van der Waals surface area contributed by atoms with E-state index in [1.54, 1.807) is 0 Å². The molecule has 194 valence electrons. The highest BCUT2D eigenvalue weighted by Crippen LogP contribution is 2.34. The Bertz CT molecular complexity index is 1970. The summed E-state index contributed by atoms with van der Waals surface area (Å²) in [5, 5.41) is 2.92. The lowest BCUT2D eigenvalue weighted by Gasteiger charge is -2.11. The fourth-order valence-corrected chi connectivity index (χ4v) is 5.33. The molecule has 1 heterocycles. The topological polar surface area (TPSA) is 38.7 Å². The minimum absolute atomic E-state index is 0.633. The normalized spacial score (nSPS) is 11.0. The number of rotatable bonds is 5. The van der Waals surface area contributed by atoms with E-state index < -0.39 is 0 Å². The highest BCUT2D eigenvalue weighted by molar-refractivity contribution is 6.36. The molecule has 4 heteroatoms. The summed E-state index contributed by atoms with van der Waals surface area (Å²) in [6.45, 7) is 0. The molecule has 3 nitrogen and oxygen atoms in total. The highest BCUT2D eigenvalue weighted by Gasteiger charge is 2.13. The van der Waals surface area contributed by atoms with E-state index >= 15 is 0 Å². The fraction of sp³-hybridized carbons (Fsp3) is 0. The van der Waals surface area contributed by atoms with Gasteiger partial charge >= 0.3 is 0 Å². The van der Waals surface area contributed by atoms with Crippen LogP contribution in [0.3, 0.4) is 0 Å². The summed E-state index contributed by atoms with van der Waals surface area (Å²) in [7, 11) is 0. The monoisotopic (exact) mass is 545 g/mol. The van der Waals surface area contributed by atoms with Gasteiger partial charge in [0.25, 0.3) is 0 Å². The Hall–Kier alpha value is -5.12. The van der Waals surface area contributed by atoms with E-state index in [0.29, 0.717) is 17.5 Å². The van der Waals surface area contributed by atoms with Gasteiger partial charge in [0.15, 0.2) is 17.5 Å². The van der Waals surface area contributed by atoms with Gasteiger partial charge in [-0.15, -0.1) is 0 Å². The van der Waals surface area contributed by atoms with Crippen molar-refractivity contribution < 1.29 is 0 Å². The number of hydrogen-bond donors (Lipinski definition) is 0. The summed E-state index contributed by atoms with van der Waals surface area (Å²) in [6.07, 6.45) is 0. The van der Waals surface area contributed by atoms with E-state index in [0.717, 1.165) is 49.2 Å². The molecule has 0 unspecified atom stereocenters. The van der Waals surface area contributed by atoms with Gasteiger partial charge in [-0.25, -0.2) is 15.0 Å². The van der Waals surface area contributed by atoms with Gasteiger partial charge in [0.2, 0.25) is 0 Å². The molecule has 0 bridgehead atoms. The SMILES string of the molecule is Clc1ccc(-c2ccc(-c3nc(-c4ccccc4)nc(-c4ccc(-c5ccccc5)cc4)n3)cc2)c2ccccc12. The molecule has 0 saturated heterocycles. The predicted molar refractivity (Wildman–Crippen MR) is 170 cm³/mol. The first-order valence-electron chi connectivity index (χ1n) is 13.5. The molecule has 0 N–H and O–H groups in total. The van der Waals surface area contributed by atoms with Gasteiger partial charge in [-0.2, -0.15) is 0 Å². The molecule has 0 aliphatic rings. The standard InChI is InChI=1S/C37H24ClN3/c38-34-24-23-31(32-13-7-8-14-33(32)34)27-17-21-30(22-18-27)37-40-35(28-11-5-2-6-12-28)39-36(41-37)29-19-15-26(16-20-29)25-9-3-1-4-10-25/h1-24H. The van der Waals surface area contributed by atoms with E-state index in [4.69, 9.17) is 26.6 Å². The average Bonchev–Trinajstić information content (AvgIpc) is 3.06. The van der Waals surface area contributed by atoms with Gasteiger partial charge in [0, 0.05) is 27.1 Å². The van der Waals surface area contributed by atoms with Crippen LogP contribution in [0.2, 0.25) is 5.02 Å². The molecule has 1 aromatic heterocycles. The maximum Gasteiger partial charge on any atom is 0.164 e. The third-order valence-electron chi connectivity index (χ3n) is 7.24. The van der Waals surface area contributed by atoms with Crippen molar-refractivity contribution in [1.82, 2.24) is 15.0 Å². The van der Waals surface area contributed by atoms with Gasteiger partial charge < -0.3 is 0 Å². The van der Waals surface area contributed by atoms with Crippen molar-refractivity contribution in [3.05, 3.63) is 151 Å². The fourth-order valence-electron chi connectivity index (χ4n) is 5.11. The van der Waals surface area contributed by atoms with E-state index in [1.807, 2.05) is 66.7 Å². The van der Waals surface area contributed by atoms with Crippen LogP contribution in [-0.4, -0.2) is 15.0 Å². The summed E-state index contributed by atoms with van der Waals surface area (Å²) >= 11 is 6.47. The highest BCUT2D eigenvalue weighted by atomic mass is 35.5. The molecule has 6 aromatic carbocycles. The first-order chi connectivity index (χ1) is 20.2. The van der Waals surface area contributed by atoms with Crippen molar-refractivity contribution >= 4 is 22.4 Å². The Morgan fingerprint density at radius 2 is 0.707 bits per heavy atom. The lowest BCUT2D eigenvalue weighted by Crippen LogP contribution is -2.00. The van der Waals surface area contributed by atoms with Crippen molar-refractivity contribution in [2.45, 2.75) is 0 Å². The molecule has 0 aliphatic heterocycles. The van der Waals surface area contributed by atoms with Crippen LogP contribution in [0, 0.1) is 0 Å². The molecule has 0 fully saturated rings. The van der Waals surface area contributed by atoms with Crippen LogP contribution < -0.4 is 0 Å². The maximum atomic E-state index is 6.47. The van der Waals surface area contributed by atoms with Crippen LogP contribution >= 0.6 is 11.6 Å². The Morgan fingerprint density at radius 1 is 0.317 bits per heavy atom. The zero-order valence-electron chi connectivity index (χ0n) is 22.1. The third-order valence-corrected chi connectivity index (χ3v) is 7.57. The second-order valence-electron chi connectivity index (χ2n) is 9.83. The van der Waals surface area contributed by atoms with Gasteiger partial charge in [-0.3, -0.25) is 0 Å². The van der Waals surface area contributed by atoms with Gasteiger partial charge in [0.1, 0.15) is 0 Å². The quantitative estimate of drug-likeness (QED) is 0.216. The van der Waals surface area contributed by atoms with Crippen LogP contribution in [-0.2, 0) is 0 Å². The van der Waals surface area contributed by atoms with Crippen LogP contribution in [0.1, 0.15) is 0 Å². The number of halogens is 1. The molecule has 7 aromatic rings. The van der Waals surface area contributed by atoms with Crippen LogP contribution in [0.25, 0.3) is 67.2 Å². The summed E-state index contributed by atoms with van der Waals surface area (Å²) in [5.41, 5.74) is 7.38. The summed E-state index contributed by atoms with van der Waals surface area (Å²) < 4.78 is 0.